The van der Waals surface area contributed by atoms with E-state index in [2.05, 4.69) is 60.2 Å². The number of unbranched alkanes of at least 4 members (excludes halogenated alkanes) is 8. The van der Waals surface area contributed by atoms with Gasteiger partial charge in [0.15, 0.2) is 5.82 Å². The number of hydrogen-bond acceptors (Lipinski definition) is 3. The molecule has 3 nitrogen and oxygen atoms in total. The first-order valence-electron chi connectivity index (χ1n) is 12.9. The number of rotatable bonds is 15. The molecule has 2 aromatic carbocycles. The number of aromatic nitrogens is 2. The van der Waals surface area contributed by atoms with E-state index in [4.69, 9.17) is 4.74 Å². The van der Waals surface area contributed by atoms with Gasteiger partial charge in [-0.15, -0.1) is 0 Å². The van der Waals surface area contributed by atoms with E-state index in [1.54, 1.807) is 0 Å². The van der Waals surface area contributed by atoms with Gasteiger partial charge in [0.25, 0.3) is 0 Å². The Morgan fingerprint density at radius 1 is 0.576 bits per heavy atom. The molecule has 3 heteroatoms. The molecule has 1 heterocycles. The topological polar surface area (TPSA) is 35.0 Å². The van der Waals surface area contributed by atoms with Crippen LogP contribution >= 0.6 is 0 Å². The van der Waals surface area contributed by atoms with Gasteiger partial charge in [-0.25, -0.2) is 9.97 Å². The lowest BCUT2D eigenvalue weighted by Gasteiger charge is -2.08. The molecule has 0 saturated carbocycles. The Hall–Kier alpha value is -2.68. The summed E-state index contributed by atoms with van der Waals surface area (Å²) in [6.07, 6.45) is 18.0. The van der Waals surface area contributed by atoms with Crippen molar-refractivity contribution in [3.63, 3.8) is 0 Å². The summed E-state index contributed by atoms with van der Waals surface area (Å²) in [5.74, 6) is 1.70. The number of benzene rings is 2. The Labute approximate surface area is 200 Å². The van der Waals surface area contributed by atoms with Gasteiger partial charge in [0.2, 0.25) is 0 Å². The van der Waals surface area contributed by atoms with Crippen LogP contribution in [0.25, 0.3) is 22.5 Å². The summed E-state index contributed by atoms with van der Waals surface area (Å²) in [5.41, 5.74) is 4.60. The summed E-state index contributed by atoms with van der Waals surface area (Å²) in [6, 6.07) is 17.0. The Kier molecular flexibility index (Phi) is 10.9. The number of nitrogens with zero attached hydrogens (tertiary/aromatic N) is 2. The smallest absolute Gasteiger partial charge is 0.159 e. The molecule has 0 unspecified atom stereocenters. The Bertz CT molecular complexity index is 902. The lowest BCUT2D eigenvalue weighted by molar-refractivity contribution is 0.306. The third-order valence-corrected chi connectivity index (χ3v) is 6.14. The monoisotopic (exact) mass is 444 g/mol. The van der Waals surface area contributed by atoms with Crippen molar-refractivity contribution < 1.29 is 4.74 Å². The number of hydrogen-bond donors (Lipinski definition) is 0. The normalized spacial score (nSPS) is 11.0. The highest BCUT2D eigenvalue weighted by molar-refractivity contribution is 5.64. The summed E-state index contributed by atoms with van der Waals surface area (Å²) in [5, 5.41) is 0. The largest absolute Gasteiger partial charge is 0.494 e. The Balaban J connectivity index is 1.47. The van der Waals surface area contributed by atoms with E-state index in [9.17, 15) is 0 Å². The minimum Gasteiger partial charge on any atom is -0.494 e. The molecular formula is C30H40N2O. The maximum absolute atomic E-state index is 5.80. The molecule has 176 valence electrons. The molecule has 0 amide bonds. The van der Waals surface area contributed by atoms with Gasteiger partial charge in [-0.05, 0) is 42.5 Å². The molecule has 1 aromatic heterocycles. The molecule has 0 atom stereocenters. The van der Waals surface area contributed by atoms with Crippen LogP contribution in [-0.2, 0) is 6.42 Å². The summed E-state index contributed by atoms with van der Waals surface area (Å²) in [4.78, 5) is 9.23. The fourth-order valence-corrected chi connectivity index (χ4v) is 4.02. The molecule has 0 aliphatic carbocycles. The van der Waals surface area contributed by atoms with Gasteiger partial charge < -0.3 is 4.74 Å². The van der Waals surface area contributed by atoms with Crippen LogP contribution in [0.1, 0.15) is 83.6 Å². The van der Waals surface area contributed by atoms with Crippen LogP contribution in [0, 0.1) is 0 Å². The quantitative estimate of drug-likeness (QED) is 0.220. The first kappa shape index (κ1) is 25.0. The Morgan fingerprint density at radius 2 is 1.15 bits per heavy atom. The van der Waals surface area contributed by atoms with Gasteiger partial charge >= 0.3 is 0 Å². The van der Waals surface area contributed by atoms with E-state index < -0.39 is 0 Å². The molecule has 3 aromatic rings. The highest BCUT2D eigenvalue weighted by atomic mass is 16.5. The van der Waals surface area contributed by atoms with E-state index in [-0.39, 0.29) is 0 Å². The predicted molar refractivity (Wildman–Crippen MR) is 140 cm³/mol. The molecule has 3 rings (SSSR count). The summed E-state index contributed by atoms with van der Waals surface area (Å²) >= 11 is 0. The average molecular weight is 445 g/mol. The number of aryl methyl sites for hydroxylation is 1. The first-order valence-corrected chi connectivity index (χ1v) is 12.9. The van der Waals surface area contributed by atoms with E-state index in [0.29, 0.717) is 0 Å². The fraction of sp³-hybridized carbons (Fsp3) is 0.467. The molecule has 0 spiro atoms. The van der Waals surface area contributed by atoms with Crippen LogP contribution in [0.3, 0.4) is 0 Å². The SMILES string of the molecule is CCCCCCCCCc1ccc(-c2ncc(-c3ccc(OCCCCC)cc3)cn2)cc1. The van der Waals surface area contributed by atoms with Crippen molar-refractivity contribution in [2.24, 2.45) is 0 Å². The highest BCUT2D eigenvalue weighted by Crippen LogP contribution is 2.23. The van der Waals surface area contributed by atoms with Crippen molar-refractivity contribution in [1.29, 1.82) is 0 Å². The second-order valence-corrected chi connectivity index (χ2v) is 8.94. The Morgan fingerprint density at radius 3 is 1.82 bits per heavy atom. The fourth-order valence-electron chi connectivity index (χ4n) is 4.02. The van der Waals surface area contributed by atoms with Gasteiger partial charge in [-0.3, -0.25) is 0 Å². The molecule has 0 bridgehead atoms. The van der Waals surface area contributed by atoms with Crippen LogP contribution in [0.2, 0.25) is 0 Å². The molecule has 0 aliphatic rings. The average Bonchev–Trinajstić information content (AvgIpc) is 2.87. The van der Waals surface area contributed by atoms with Crippen molar-refractivity contribution in [1.82, 2.24) is 9.97 Å². The molecule has 0 saturated heterocycles. The lowest BCUT2D eigenvalue weighted by Crippen LogP contribution is -1.96. The van der Waals surface area contributed by atoms with Crippen LogP contribution in [-0.4, -0.2) is 16.6 Å². The van der Waals surface area contributed by atoms with Crippen molar-refractivity contribution in [2.75, 3.05) is 6.61 Å². The van der Waals surface area contributed by atoms with Crippen LogP contribution < -0.4 is 4.74 Å². The van der Waals surface area contributed by atoms with Crippen molar-refractivity contribution in [2.45, 2.75) is 84.5 Å². The van der Waals surface area contributed by atoms with Gasteiger partial charge in [-0.2, -0.15) is 0 Å². The third kappa shape index (κ3) is 8.64. The van der Waals surface area contributed by atoms with Crippen molar-refractivity contribution >= 4 is 0 Å². The maximum atomic E-state index is 5.80. The molecule has 0 aliphatic heterocycles. The first-order chi connectivity index (χ1) is 16.3. The van der Waals surface area contributed by atoms with Crippen LogP contribution in [0.15, 0.2) is 60.9 Å². The van der Waals surface area contributed by atoms with Gasteiger partial charge in [0, 0.05) is 23.5 Å². The minimum absolute atomic E-state index is 0.775. The maximum Gasteiger partial charge on any atom is 0.159 e. The molecule has 0 radical (unpaired) electrons. The van der Waals surface area contributed by atoms with E-state index in [1.807, 2.05) is 24.5 Å². The van der Waals surface area contributed by atoms with Crippen molar-refractivity contribution in [3.8, 4) is 28.3 Å². The van der Waals surface area contributed by atoms with E-state index in [0.717, 1.165) is 47.7 Å². The van der Waals surface area contributed by atoms with Crippen LogP contribution in [0.5, 0.6) is 5.75 Å². The molecule has 33 heavy (non-hydrogen) atoms. The zero-order valence-electron chi connectivity index (χ0n) is 20.6. The second kappa shape index (κ2) is 14.5. The van der Waals surface area contributed by atoms with Gasteiger partial charge in [0.1, 0.15) is 5.75 Å². The second-order valence-electron chi connectivity index (χ2n) is 8.94. The number of ether oxygens (including phenoxy) is 1. The minimum atomic E-state index is 0.775. The lowest BCUT2D eigenvalue weighted by atomic mass is 10.0. The predicted octanol–water partition coefficient (Wildman–Crippen LogP) is 8.67. The summed E-state index contributed by atoms with van der Waals surface area (Å²) in [6.45, 7) is 5.26. The van der Waals surface area contributed by atoms with Crippen molar-refractivity contribution in [3.05, 3.63) is 66.5 Å². The zero-order valence-corrected chi connectivity index (χ0v) is 20.6. The molecule has 0 N–H and O–H groups in total. The molecular weight excluding hydrogens is 404 g/mol. The zero-order chi connectivity index (χ0) is 23.1. The summed E-state index contributed by atoms with van der Waals surface area (Å²) < 4.78 is 5.80. The highest BCUT2D eigenvalue weighted by Gasteiger charge is 2.05. The third-order valence-electron chi connectivity index (χ3n) is 6.14. The van der Waals surface area contributed by atoms with E-state index >= 15 is 0 Å². The van der Waals surface area contributed by atoms with Gasteiger partial charge in [0.05, 0.1) is 6.61 Å². The standard InChI is InChI=1S/C30H40N2O/c1-3-5-7-8-9-10-11-13-25-14-16-27(17-15-25)30-31-23-28(24-32-30)26-18-20-29(21-19-26)33-22-12-6-4-2/h14-21,23-24H,3-13,22H2,1-2H3. The van der Waals surface area contributed by atoms with E-state index in [1.165, 1.54) is 63.4 Å². The molecule has 0 fully saturated rings. The van der Waals surface area contributed by atoms with Gasteiger partial charge in [-0.1, -0.05) is 102 Å². The summed E-state index contributed by atoms with van der Waals surface area (Å²) in [7, 11) is 0. The van der Waals surface area contributed by atoms with Crippen LogP contribution in [0.4, 0.5) is 0 Å².